The van der Waals surface area contributed by atoms with Gasteiger partial charge in [0.05, 0.1) is 13.1 Å². The first-order valence-electron chi connectivity index (χ1n) is 4.03. The van der Waals surface area contributed by atoms with E-state index in [1.807, 2.05) is 11.5 Å². The summed E-state index contributed by atoms with van der Waals surface area (Å²) in [6, 6.07) is -0.526. The van der Waals surface area contributed by atoms with Crippen LogP contribution in [0.25, 0.3) is 0 Å². The minimum absolute atomic E-state index is 0.406. The third-order valence-electron chi connectivity index (χ3n) is 2.18. The molecule has 1 aliphatic heterocycles. The summed E-state index contributed by atoms with van der Waals surface area (Å²) in [5.41, 5.74) is 0. The van der Waals surface area contributed by atoms with Crippen LogP contribution in [0.3, 0.4) is 0 Å². The molecule has 0 amide bonds. The number of aromatic nitrogens is 3. The minimum Gasteiger partial charge on any atom is -0.480 e. The normalized spacial score (nSPS) is 21.2. The summed E-state index contributed by atoms with van der Waals surface area (Å²) in [7, 11) is 0. The van der Waals surface area contributed by atoms with Crippen molar-refractivity contribution in [3.63, 3.8) is 0 Å². The van der Waals surface area contributed by atoms with E-state index in [1.54, 1.807) is 0 Å². The molecule has 2 rings (SSSR count). The number of aliphatic carboxylic acids is 1. The molecule has 0 aromatic carbocycles. The predicted molar refractivity (Wildman–Crippen MR) is 43.0 cm³/mol. The van der Waals surface area contributed by atoms with E-state index in [0.717, 1.165) is 11.6 Å². The van der Waals surface area contributed by atoms with Crippen LogP contribution in [0.15, 0.2) is 0 Å². The zero-order valence-corrected chi connectivity index (χ0v) is 7.19. The van der Waals surface area contributed by atoms with Gasteiger partial charge in [0.15, 0.2) is 0 Å². The molecule has 6 nitrogen and oxygen atoms in total. The van der Waals surface area contributed by atoms with Crippen LogP contribution in [0.4, 0.5) is 0 Å². The molecule has 0 fully saturated rings. The van der Waals surface area contributed by atoms with E-state index in [2.05, 4.69) is 15.5 Å². The fraction of sp³-hybridized carbons (Fsp3) is 0.571. The fourth-order valence-corrected chi connectivity index (χ4v) is 1.42. The number of hydrogen-bond acceptors (Lipinski definition) is 4. The first-order chi connectivity index (χ1) is 6.18. The molecule has 13 heavy (non-hydrogen) atoms. The Bertz CT molecular complexity index is 346. The molecule has 0 bridgehead atoms. The molecule has 70 valence electrons. The van der Waals surface area contributed by atoms with Gasteiger partial charge in [0, 0.05) is 0 Å². The molecule has 2 N–H and O–H groups in total. The van der Waals surface area contributed by atoms with E-state index in [0.29, 0.717) is 13.1 Å². The van der Waals surface area contributed by atoms with Crippen LogP contribution < -0.4 is 5.32 Å². The number of nitrogens with zero attached hydrogens (tertiary/aromatic N) is 3. The lowest BCUT2D eigenvalue weighted by Gasteiger charge is -2.21. The van der Waals surface area contributed by atoms with Crippen molar-refractivity contribution in [3.05, 3.63) is 11.6 Å². The number of rotatable bonds is 1. The minimum atomic E-state index is -0.834. The highest BCUT2D eigenvalue weighted by molar-refractivity contribution is 5.73. The van der Waals surface area contributed by atoms with Gasteiger partial charge in [-0.2, -0.15) is 0 Å². The average molecular weight is 182 g/mol. The molecule has 0 spiro atoms. The second-order valence-electron chi connectivity index (χ2n) is 3.05. The van der Waals surface area contributed by atoms with Crippen LogP contribution in [-0.2, 0) is 17.9 Å². The van der Waals surface area contributed by atoms with Crippen LogP contribution in [0.1, 0.15) is 11.6 Å². The van der Waals surface area contributed by atoms with E-state index < -0.39 is 12.0 Å². The maximum atomic E-state index is 10.7. The van der Waals surface area contributed by atoms with Crippen molar-refractivity contribution in [2.24, 2.45) is 0 Å². The number of nitrogens with one attached hydrogen (secondary N) is 1. The third kappa shape index (κ3) is 1.29. The van der Waals surface area contributed by atoms with Gasteiger partial charge in [-0.3, -0.25) is 10.1 Å². The van der Waals surface area contributed by atoms with Crippen molar-refractivity contribution in [1.82, 2.24) is 20.1 Å². The van der Waals surface area contributed by atoms with E-state index in [1.165, 1.54) is 0 Å². The highest BCUT2D eigenvalue weighted by Gasteiger charge is 2.25. The van der Waals surface area contributed by atoms with Gasteiger partial charge < -0.3 is 9.67 Å². The summed E-state index contributed by atoms with van der Waals surface area (Å²) < 4.78 is 1.83. The van der Waals surface area contributed by atoms with Crippen LogP contribution in [0, 0.1) is 6.92 Å². The fourth-order valence-electron chi connectivity index (χ4n) is 1.42. The molecule has 2 heterocycles. The Morgan fingerprint density at radius 3 is 3.15 bits per heavy atom. The van der Waals surface area contributed by atoms with Crippen LogP contribution in [0.2, 0.25) is 0 Å². The lowest BCUT2D eigenvalue weighted by molar-refractivity contribution is -0.140. The topological polar surface area (TPSA) is 80.0 Å². The number of hydrogen-bond donors (Lipinski definition) is 2. The molecule has 1 aliphatic rings. The molecular weight excluding hydrogens is 172 g/mol. The summed E-state index contributed by atoms with van der Waals surface area (Å²) in [5.74, 6) is 0.733. The molecule has 0 saturated carbocycles. The van der Waals surface area contributed by atoms with Gasteiger partial charge >= 0.3 is 5.97 Å². The quantitative estimate of drug-likeness (QED) is 0.591. The second-order valence-corrected chi connectivity index (χ2v) is 3.05. The summed E-state index contributed by atoms with van der Waals surface area (Å²) in [6.07, 6.45) is 0. The number of carbonyl (C=O) groups is 1. The molecule has 6 heteroatoms. The van der Waals surface area contributed by atoms with Gasteiger partial charge in [-0.1, -0.05) is 0 Å². The zero-order valence-electron chi connectivity index (χ0n) is 7.19. The number of carboxylic acids is 1. The largest absolute Gasteiger partial charge is 0.480 e. The van der Waals surface area contributed by atoms with E-state index in [9.17, 15) is 4.79 Å². The maximum Gasteiger partial charge on any atom is 0.322 e. The summed E-state index contributed by atoms with van der Waals surface area (Å²) in [4.78, 5) is 10.7. The van der Waals surface area contributed by atoms with Gasteiger partial charge in [-0.15, -0.1) is 10.2 Å². The summed E-state index contributed by atoms with van der Waals surface area (Å²) >= 11 is 0. The first-order valence-corrected chi connectivity index (χ1v) is 4.03. The van der Waals surface area contributed by atoms with Crippen molar-refractivity contribution in [3.8, 4) is 0 Å². The van der Waals surface area contributed by atoms with E-state index in [4.69, 9.17) is 5.11 Å². The molecule has 0 unspecified atom stereocenters. The summed E-state index contributed by atoms with van der Waals surface area (Å²) in [6.45, 7) is 2.70. The van der Waals surface area contributed by atoms with Crippen molar-refractivity contribution in [1.29, 1.82) is 0 Å². The van der Waals surface area contributed by atoms with Gasteiger partial charge in [-0.05, 0) is 6.92 Å². The Hall–Kier alpha value is -1.43. The number of fused-ring (bicyclic) bond motifs is 1. The van der Waals surface area contributed by atoms with Crippen molar-refractivity contribution < 1.29 is 9.90 Å². The molecular formula is C7H10N4O2. The van der Waals surface area contributed by atoms with Crippen LogP contribution in [-0.4, -0.2) is 31.9 Å². The molecule has 0 radical (unpaired) electrons. The second kappa shape index (κ2) is 2.81. The Balaban J connectivity index is 2.27. The highest BCUT2D eigenvalue weighted by atomic mass is 16.4. The zero-order chi connectivity index (χ0) is 9.42. The smallest absolute Gasteiger partial charge is 0.322 e. The van der Waals surface area contributed by atoms with Crippen LogP contribution >= 0.6 is 0 Å². The lowest BCUT2D eigenvalue weighted by atomic mass is 10.2. The third-order valence-corrected chi connectivity index (χ3v) is 2.18. The van der Waals surface area contributed by atoms with E-state index >= 15 is 0 Å². The van der Waals surface area contributed by atoms with Gasteiger partial charge in [0.25, 0.3) is 0 Å². The Morgan fingerprint density at radius 2 is 2.46 bits per heavy atom. The molecule has 1 aromatic heterocycles. The van der Waals surface area contributed by atoms with Gasteiger partial charge in [0.1, 0.15) is 17.7 Å². The Morgan fingerprint density at radius 1 is 1.69 bits per heavy atom. The van der Waals surface area contributed by atoms with Crippen molar-refractivity contribution in [2.75, 3.05) is 0 Å². The number of aryl methyl sites for hydroxylation is 1. The molecule has 0 saturated heterocycles. The van der Waals surface area contributed by atoms with Crippen molar-refractivity contribution in [2.45, 2.75) is 26.1 Å². The average Bonchev–Trinajstić information content (AvgIpc) is 2.47. The SMILES string of the molecule is Cc1nnc2n1C[C@H](C(=O)O)NC2. The number of carboxylic acid groups (broad SMARTS) is 1. The van der Waals surface area contributed by atoms with Gasteiger partial charge in [-0.25, -0.2) is 0 Å². The highest BCUT2D eigenvalue weighted by Crippen LogP contribution is 2.08. The first kappa shape index (κ1) is 8.18. The van der Waals surface area contributed by atoms with Crippen LogP contribution in [0.5, 0.6) is 0 Å². The summed E-state index contributed by atoms with van der Waals surface area (Å²) in [5, 5.41) is 19.4. The lowest BCUT2D eigenvalue weighted by Crippen LogP contribution is -2.44. The monoisotopic (exact) mass is 182 g/mol. The van der Waals surface area contributed by atoms with E-state index in [-0.39, 0.29) is 0 Å². The van der Waals surface area contributed by atoms with Crippen molar-refractivity contribution >= 4 is 5.97 Å². The Labute approximate surface area is 74.6 Å². The molecule has 1 atom stereocenters. The standard InChI is InChI=1S/C7H10N4O2/c1-4-9-10-6-2-8-5(7(12)13)3-11(4)6/h5,8H,2-3H2,1H3,(H,12,13)/t5-/m1/s1. The Kier molecular flexibility index (Phi) is 1.77. The molecule has 0 aliphatic carbocycles. The maximum absolute atomic E-state index is 10.7. The van der Waals surface area contributed by atoms with Gasteiger partial charge in [0.2, 0.25) is 0 Å². The molecule has 1 aromatic rings. The predicted octanol–water partition coefficient (Wildman–Crippen LogP) is -0.857.